The quantitative estimate of drug-likeness (QED) is 0.196. The molecule has 2 heteroatoms. The Bertz CT molecular complexity index is 339. The first-order chi connectivity index (χ1) is 13.5. The van der Waals surface area contributed by atoms with E-state index in [1.807, 2.05) is 0 Å². The van der Waals surface area contributed by atoms with Gasteiger partial charge in [0.1, 0.15) is 0 Å². The van der Waals surface area contributed by atoms with E-state index in [1.165, 1.54) is 96.3 Å². The van der Waals surface area contributed by atoms with E-state index in [-0.39, 0.29) is 5.92 Å². The first kappa shape index (κ1) is 27.5. The van der Waals surface area contributed by atoms with Crippen molar-refractivity contribution in [2.24, 2.45) is 17.8 Å². The van der Waals surface area contributed by atoms with E-state index in [2.05, 4.69) is 27.7 Å². The smallest absolute Gasteiger partial charge is 0.306 e. The summed E-state index contributed by atoms with van der Waals surface area (Å²) in [6.45, 7) is 9.09. The summed E-state index contributed by atoms with van der Waals surface area (Å²) in [4.78, 5) is 11.6. The van der Waals surface area contributed by atoms with Gasteiger partial charge in [-0.2, -0.15) is 0 Å². The van der Waals surface area contributed by atoms with Gasteiger partial charge in [-0.15, -0.1) is 0 Å². The van der Waals surface area contributed by atoms with Gasteiger partial charge in [0.05, 0.1) is 5.92 Å². The average Bonchev–Trinajstić information content (AvgIpc) is 2.67. The topological polar surface area (TPSA) is 37.3 Å². The maximum absolute atomic E-state index is 11.6. The van der Waals surface area contributed by atoms with Crippen LogP contribution in [0.15, 0.2) is 0 Å². The van der Waals surface area contributed by atoms with Gasteiger partial charge in [0.2, 0.25) is 0 Å². The van der Waals surface area contributed by atoms with Gasteiger partial charge in [-0.25, -0.2) is 0 Å². The molecule has 0 aliphatic carbocycles. The van der Waals surface area contributed by atoms with Gasteiger partial charge in [-0.3, -0.25) is 4.79 Å². The number of carbonyl (C=O) groups is 1. The van der Waals surface area contributed by atoms with Gasteiger partial charge in [0.25, 0.3) is 0 Å². The highest BCUT2D eigenvalue weighted by molar-refractivity contribution is 5.69. The summed E-state index contributed by atoms with van der Waals surface area (Å²) in [5.41, 5.74) is 0. The van der Waals surface area contributed by atoms with Crippen LogP contribution in [0.4, 0.5) is 0 Å². The maximum atomic E-state index is 11.6. The average molecular weight is 397 g/mol. The zero-order valence-electron chi connectivity index (χ0n) is 19.8. The molecule has 0 aliphatic rings. The lowest BCUT2D eigenvalue weighted by Gasteiger charge is -2.18. The molecule has 2 nitrogen and oxygen atoms in total. The molecule has 0 aromatic rings. The summed E-state index contributed by atoms with van der Waals surface area (Å²) in [6, 6.07) is 0. The third-order valence-electron chi connectivity index (χ3n) is 6.53. The van der Waals surface area contributed by atoms with Crippen LogP contribution in [0.1, 0.15) is 143 Å². The van der Waals surface area contributed by atoms with Crippen molar-refractivity contribution in [1.82, 2.24) is 0 Å². The zero-order valence-corrected chi connectivity index (χ0v) is 19.8. The van der Waals surface area contributed by atoms with Crippen LogP contribution in [0, 0.1) is 17.8 Å². The Morgan fingerprint density at radius 2 is 1.11 bits per heavy atom. The first-order valence-electron chi connectivity index (χ1n) is 12.7. The van der Waals surface area contributed by atoms with E-state index in [0.717, 1.165) is 25.2 Å². The second kappa shape index (κ2) is 19.8. The highest BCUT2D eigenvalue weighted by Crippen LogP contribution is 2.24. The van der Waals surface area contributed by atoms with Crippen molar-refractivity contribution in [1.29, 1.82) is 0 Å². The molecule has 0 heterocycles. The standard InChI is InChI=1S/C26H52O2/c1-5-7-8-9-10-11-12-13-14-15-16-17-21-25(26(27)28)22-24(4)20-18-19-23(3)6-2/h23-25H,5-22H2,1-4H3,(H,27,28). The zero-order chi connectivity index (χ0) is 21.0. The van der Waals surface area contributed by atoms with Crippen LogP contribution < -0.4 is 0 Å². The molecule has 0 radical (unpaired) electrons. The van der Waals surface area contributed by atoms with Crippen molar-refractivity contribution in [3.63, 3.8) is 0 Å². The Morgan fingerprint density at radius 1 is 0.643 bits per heavy atom. The van der Waals surface area contributed by atoms with Crippen LogP contribution in [0.5, 0.6) is 0 Å². The van der Waals surface area contributed by atoms with Gasteiger partial charge in [-0.05, 0) is 24.7 Å². The molecule has 168 valence electrons. The number of rotatable bonds is 21. The van der Waals surface area contributed by atoms with Crippen molar-refractivity contribution in [3.8, 4) is 0 Å². The molecular weight excluding hydrogens is 344 g/mol. The fourth-order valence-electron chi connectivity index (χ4n) is 4.20. The van der Waals surface area contributed by atoms with Crippen molar-refractivity contribution < 1.29 is 9.90 Å². The van der Waals surface area contributed by atoms with Crippen LogP contribution in [0.2, 0.25) is 0 Å². The van der Waals surface area contributed by atoms with E-state index in [0.29, 0.717) is 5.92 Å². The van der Waals surface area contributed by atoms with Gasteiger partial charge in [-0.1, -0.05) is 130 Å². The molecule has 0 aromatic heterocycles. The van der Waals surface area contributed by atoms with Crippen LogP contribution in [0.25, 0.3) is 0 Å². The minimum absolute atomic E-state index is 0.123. The Balaban J connectivity index is 3.64. The number of carboxylic acids is 1. The molecule has 3 unspecified atom stereocenters. The summed E-state index contributed by atoms with van der Waals surface area (Å²) in [5, 5.41) is 9.55. The molecule has 1 N–H and O–H groups in total. The highest BCUT2D eigenvalue weighted by atomic mass is 16.4. The molecule has 0 rings (SSSR count). The molecule has 0 amide bonds. The lowest BCUT2D eigenvalue weighted by atomic mass is 9.87. The predicted octanol–water partition coefficient (Wildman–Crippen LogP) is 9.02. The molecule has 0 saturated carbocycles. The lowest BCUT2D eigenvalue weighted by Crippen LogP contribution is -2.17. The van der Waals surface area contributed by atoms with Gasteiger partial charge < -0.3 is 5.11 Å². The maximum Gasteiger partial charge on any atom is 0.306 e. The molecule has 0 saturated heterocycles. The summed E-state index contributed by atoms with van der Waals surface area (Å²) in [7, 11) is 0. The van der Waals surface area contributed by atoms with E-state index in [9.17, 15) is 9.90 Å². The molecule has 0 aromatic carbocycles. The number of aliphatic carboxylic acids is 1. The Hall–Kier alpha value is -0.530. The molecule has 0 spiro atoms. The van der Waals surface area contributed by atoms with E-state index in [4.69, 9.17) is 0 Å². The van der Waals surface area contributed by atoms with Crippen molar-refractivity contribution in [2.75, 3.05) is 0 Å². The van der Waals surface area contributed by atoms with Crippen molar-refractivity contribution in [3.05, 3.63) is 0 Å². The van der Waals surface area contributed by atoms with E-state index >= 15 is 0 Å². The Kier molecular flexibility index (Phi) is 19.4. The molecule has 0 fully saturated rings. The normalized spacial score (nSPS) is 14.7. The number of carboxylic acid groups (broad SMARTS) is 1. The SMILES string of the molecule is CCCCCCCCCCCCCCC(CC(C)CCCC(C)CC)C(=O)O. The van der Waals surface area contributed by atoms with Gasteiger partial charge in [0.15, 0.2) is 0 Å². The summed E-state index contributed by atoms with van der Waals surface area (Å²) < 4.78 is 0. The first-order valence-corrected chi connectivity index (χ1v) is 12.7. The van der Waals surface area contributed by atoms with Crippen LogP contribution >= 0.6 is 0 Å². The summed E-state index contributed by atoms with van der Waals surface area (Å²) in [6.07, 6.45) is 22.8. The Morgan fingerprint density at radius 3 is 1.57 bits per heavy atom. The number of hydrogen-bond acceptors (Lipinski definition) is 1. The predicted molar refractivity (Wildman–Crippen MR) is 124 cm³/mol. The molecule has 0 bridgehead atoms. The van der Waals surface area contributed by atoms with Crippen molar-refractivity contribution >= 4 is 5.97 Å². The minimum atomic E-state index is -0.572. The van der Waals surface area contributed by atoms with E-state index in [1.54, 1.807) is 0 Å². The Labute approximate surface area is 177 Å². The van der Waals surface area contributed by atoms with Crippen LogP contribution in [0.3, 0.4) is 0 Å². The molecule has 3 atom stereocenters. The molecular formula is C26H52O2. The second-order valence-corrected chi connectivity index (χ2v) is 9.50. The van der Waals surface area contributed by atoms with Gasteiger partial charge in [0, 0.05) is 0 Å². The van der Waals surface area contributed by atoms with Gasteiger partial charge >= 0.3 is 5.97 Å². The largest absolute Gasteiger partial charge is 0.481 e. The second-order valence-electron chi connectivity index (χ2n) is 9.50. The summed E-state index contributed by atoms with van der Waals surface area (Å²) >= 11 is 0. The fourth-order valence-corrected chi connectivity index (χ4v) is 4.20. The molecule has 28 heavy (non-hydrogen) atoms. The third-order valence-corrected chi connectivity index (χ3v) is 6.53. The van der Waals surface area contributed by atoms with Crippen LogP contribution in [-0.4, -0.2) is 11.1 Å². The molecule has 0 aliphatic heterocycles. The number of unbranched alkanes of at least 4 members (excludes halogenated alkanes) is 11. The third kappa shape index (κ3) is 17.6. The number of hydrogen-bond donors (Lipinski definition) is 1. The summed E-state index contributed by atoms with van der Waals surface area (Å²) in [5.74, 6) is 0.657. The monoisotopic (exact) mass is 396 g/mol. The van der Waals surface area contributed by atoms with Crippen LogP contribution in [-0.2, 0) is 4.79 Å². The minimum Gasteiger partial charge on any atom is -0.481 e. The fraction of sp³-hybridized carbons (Fsp3) is 0.962. The van der Waals surface area contributed by atoms with Crippen molar-refractivity contribution in [2.45, 2.75) is 143 Å². The van der Waals surface area contributed by atoms with E-state index < -0.39 is 5.97 Å². The highest BCUT2D eigenvalue weighted by Gasteiger charge is 2.20. The lowest BCUT2D eigenvalue weighted by molar-refractivity contribution is -0.142.